The van der Waals surface area contributed by atoms with Crippen LogP contribution < -0.4 is 0 Å². The Bertz CT molecular complexity index is 720. The molecule has 0 aliphatic carbocycles. The highest BCUT2D eigenvalue weighted by Crippen LogP contribution is 2.30. The SMILES string of the molecule is CC[C@@H](O)Cn1c2ccc(F)cc2c2cc(F)ccc21. The first-order valence-electron chi connectivity index (χ1n) is 6.65. The summed E-state index contributed by atoms with van der Waals surface area (Å²) < 4.78 is 28.8. The van der Waals surface area contributed by atoms with E-state index in [4.69, 9.17) is 0 Å². The van der Waals surface area contributed by atoms with E-state index in [1.54, 1.807) is 12.1 Å². The van der Waals surface area contributed by atoms with Gasteiger partial charge in [0.05, 0.1) is 6.10 Å². The fourth-order valence-electron chi connectivity index (χ4n) is 2.59. The van der Waals surface area contributed by atoms with Gasteiger partial charge < -0.3 is 9.67 Å². The summed E-state index contributed by atoms with van der Waals surface area (Å²) in [5, 5.41) is 11.2. The summed E-state index contributed by atoms with van der Waals surface area (Å²) in [4.78, 5) is 0. The highest BCUT2D eigenvalue weighted by molar-refractivity contribution is 6.08. The van der Waals surface area contributed by atoms with E-state index >= 15 is 0 Å². The average Bonchev–Trinajstić information content (AvgIpc) is 2.72. The molecule has 1 N–H and O–H groups in total. The number of aliphatic hydroxyl groups is 1. The molecule has 1 heterocycles. The van der Waals surface area contributed by atoms with Crippen LogP contribution in [-0.4, -0.2) is 15.8 Å². The lowest BCUT2D eigenvalue weighted by Gasteiger charge is -2.11. The first kappa shape index (κ1) is 13.1. The first-order chi connectivity index (χ1) is 9.60. The molecule has 2 aromatic carbocycles. The number of halogens is 2. The van der Waals surface area contributed by atoms with Crippen LogP contribution in [-0.2, 0) is 6.54 Å². The summed E-state index contributed by atoms with van der Waals surface area (Å²) in [6.07, 6.45) is 0.146. The summed E-state index contributed by atoms with van der Waals surface area (Å²) >= 11 is 0. The maximum absolute atomic E-state index is 13.5. The van der Waals surface area contributed by atoms with Crippen molar-refractivity contribution in [2.24, 2.45) is 0 Å². The van der Waals surface area contributed by atoms with E-state index < -0.39 is 6.10 Å². The molecular formula is C16H15F2NO. The van der Waals surface area contributed by atoms with Gasteiger partial charge in [-0.15, -0.1) is 0 Å². The van der Waals surface area contributed by atoms with Gasteiger partial charge in [0.25, 0.3) is 0 Å². The third kappa shape index (κ3) is 2.06. The maximum Gasteiger partial charge on any atom is 0.123 e. The molecule has 0 amide bonds. The molecule has 0 saturated heterocycles. The second-order valence-corrected chi connectivity index (χ2v) is 5.00. The molecule has 0 unspecified atom stereocenters. The van der Waals surface area contributed by atoms with Crippen LogP contribution in [0.15, 0.2) is 36.4 Å². The molecule has 1 aromatic heterocycles. The summed E-state index contributed by atoms with van der Waals surface area (Å²) in [5.41, 5.74) is 1.61. The van der Waals surface area contributed by atoms with Crippen LogP contribution in [0.5, 0.6) is 0 Å². The van der Waals surface area contributed by atoms with Gasteiger partial charge in [-0.25, -0.2) is 8.78 Å². The van der Waals surface area contributed by atoms with Crippen molar-refractivity contribution >= 4 is 21.8 Å². The lowest BCUT2D eigenvalue weighted by molar-refractivity contribution is 0.153. The highest BCUT2D eigenvalue weighted by Gasteiger charge is 2.14. The van der Waals surface area contributed by atoms with Crippen molar-refractivity contribution in [3.8, 4) is 0 Å². The third-order valence-corrected chi connectivity index (χ3v) is 3.65. The van der Waals surface area contributed by atoms with Crippen LogP contribution in [0.1, 0.15) is 13.3 Å². The molecule has 0 spiro atoms. The Morgan fingerprint density at radius 3 is 1.95 bits per heavy atom. The largest absolute Gasteiger partial charge is 0.391 e. The van der Waals surface area contributed by atoms with Crippen molar-refractivity contribution in [3.63, 3.8) is 0 Å². The summed E-state index contributed by atoms with van der Waals surface area (Å²) in [7, 11) is 0. The van der Waals surface area contributed by atoms with Crippen LogP contribution in [0.2, 0.25) is 0 Å². The number of aliphatic hydroxyl groups excluding tert-OH is 1. The van der Waals surface area contributed by atoms with Crippen molar-refractivity contribution in [2.45, 2.75) is 26.0 Å². The van der Waals surface area contributed by atoms with E-state index in [1.807, 2.05) is 11.5 Å². The van der Waals surface area contributed by atoms with Crippen LogP contribution in [0.3, 0.4) is 0 Å². The fraction of sp³-hybridized carbons (Fsp3) is 0.250. The van der Waals surface area contributed by atoms with Crippen LogP contribution in [0.25, 0.3) is 21.8 Å². The van der Waals surface area contributed by atoms with Crippen molar-refractivity contribution in [1.29, 1.82) is 0 Å². The number of rotatable bonds is 3. The standard InChI is InChI=1S/C16H15F2NO/c1-2-12(20)9-19-15-5-3-10(17)7-13(15)14-8-11(18)4-6-16(14)19/h3-8,12,20H,2,9H2,1H3/t12-/m1/s1. The van der Waals surface area contributed by atoms with Gasteiger partial charge in [0.1, 0.15) is 11.6 Å². The molecule has 0 aliphatic heterocycles. The molecule has 3 aromatic rings. The van der Waals surface area contributed by atoms with Gasteiger partial charge in [0.15, 0.2) is 0 Å². The molecule has 2 nitrogen and oxygen atoms in total. The van der Waals surface area contributed by atoms with Gasteiger partial charge in [-0.2, -0.15) is 0 Å². The molecular weight excluding hydrogens is 260 g/mol. The Kier molecular flexibility index (Phi) is 3.18. The second kappa shape index (κ2) is 4.87. The van der Waals surface area contributed by atoms with Gasteiger partial charge in [0.2, 0.25) is 0 Å². The van der Waals surface area contributed by atoms with E-state index in [0.29, 0.717) is 23.7 Å². The molecule has 0 bridgehead atoms. The Labute approximate surface area is 115 Å². The zero-order valence-electron chi connectivity index (χ0n) is 11.1. The molecule has 0 fully saturated rings. The monoisotopic (exact) mass is 275 g/mol. The zero-order valence-corrected chi connectivity index (χ0v) is 11.1. The topological polar surface area (TPSA) is 25.2 Å². The normalized spacial score (nSPS) is 13.2. The minimum atomic E-state index is -0.482. The van der Waals surface area contributed by atoms with Crippen LogP contribution in [0.4, 0.5) is 8.78 Å². The van der Waals surface area contributed by atoms with E-state index in [0.717, 1.165) is 11.0 Å². The van der Waals surface area contributed by atoms with Gasteiger partial charge >= 0.3 is 0 Å². The van der Waals surface area contributed by atoms with Gasteiger partial charge in [-0.1, -0.05) is 6.92 Å². The van der Waals surface area contributed by atoms with E-state index in [9.17, 15) is 13.9 Å². The predicted octanol–water partition coefficient (Wildman–Crippen LogP) is 3.84. The van der Waals surface area contributed by atoms with Gasteiger partial charge in [0, 0.05) is 28.4 Å². The molecule has 20 heavy (non-hydrogen) atoms. The average molecular weight is 275 g/mol. The Morgan fingerprint density at radius 1 is 1.00 bits per heavy atom. The number of benzene rings is 2. The number of hydrogen-bond acceptors (Lipinski definition) is 1. The fourth-order valence-corrected chi connectivity index (χ4v) is 2.59. The molecule has 104 valence electrons. The van der Waals surface area contributed by atoms with Crippen LogP contribution >= 0.6 is 0 Å². The van der Waals surface area contributed by atoms with Crippen molar-refractivity contribution in [1.82, 2.24) is 4.57 Å². The molecule has 0 aliphatic rings. The predicted molar refractivity (Wildman–Crippen MR) is 75.7 cm³/mol. The number of hydrogen-bond donors (Lipinski definition) is 1. The smallest absolute Gasteiger partial charge is 0.123 e. The molecule has 0 radical (unpaired) electrons. The van der Waals surface area contributed by atoms with E-state index in [1.165, 1.54) is 24.3 Å². The Morgan fingerprint density at radius 2 is 1.50 bits per heavy atom. The second-order valence-electron chi connectivity index (χ2n) is 5.00. The van der Waals surface area contributed by atoms with E-state index in [2.05, 4.69) is 0 Å². The summed E-state index contributed by atoms with van der Waals surface area (Å²) in [6.45, 7) is 2.31. The van der Waals surface area contributed by atoms with Crippen LogP contribution in [0, 0.1) is 11.6 Å². The van der Waals surface area contributed by atoms with Gasteiger partial charge in [-0.05, 0) is 42.8 Å². The summed E-state index contributed by atoms with van der Waals surface area (Å²) in [5.74, 6) is -0.700. The lowest BCUT2D eigenvalue weighted by atomic mass is 10.1. The Balaban J connectivity index is 2.34. The molecule has 4 heteroatoms. The lowest BCUT2D eigenvalue weighted by Crippen LogP contribution is -2.14. The summed E-state index contributed by atoms with van der Waals surface area (Å²) in [6, 6.07) is 8.92. The molecule has 3 rings (SSSR count). The maximum atomic E-state index is 13.5. The van der Waals surface area contributed by atoms with E-state index in [-0.39, 0.29) is 11.6 Å². The Hall–Kier alpha value is -1.94. The first-order valence-corrected chi connectivity index (χ1v) is 6.65. The number of fused-ring (bicyclic) bond motifs is 3. The highest BCUT2D eigenvalue weighted by atomic mass is 19.1. The zero-order chi connectivity index (χ0) is 14.3. The van der Waals surface area contributed by atoms with Crippen molar-refractivity contribution < 1.29 is 13.9 Å². The van der Waals surface area contributed by atoms with Crippen molar-refractivity contribution in [2.75, 3.05) is 0 Å². The minimum Gasteiger partial charge on any atom is -0.391 e. The van der Waals surface area contributed by atoms with Crippen molar-refractivity contribution in [3.05, 3.63) is 48.0 Å². The third-order valence-electron chi connectivity index (χ3n) is 3.65. The quantitative estimate of drug-likeness (QED) is 0.771. The number of nitrogens with zero attached hydrogens (tertiary/aromatic N) is 1. The molecule has 0 saturated carbocycles. The number of aromatic nitrogens is 1. The molecule has 1 atom stereocenters. The minimum absolute atomic E-state index is 0.350. The van der Waals surface area contributed by atoms with Gasteiger partial charge in [-0.3, -0.25) is 0 Å².